The maximum Gasteiger partial charge on any atom is 0.191 e. The van der Waals surface area contributed by atoms with Gasteiger partial charge in [0.25, 0.3) is 0 Å². The van der Waals surface area contributed by atoms with E-state index in [1.165, 1.54) is 5.56 Å². The van der Waals surface area contributed by atoms with Crippen molar-refractivity contribution in [1.82, 2.24) is 4.90 Å². The summed E-state index contributed by atoms with van der Waals surface area (Å²) in [7, 11) is 0. The lowest BCUT2D eigenvalue weighted by molar-refractivity contribution is 0.0634. The molecule has 1 aliphatic rings. The van der Waals surface area contributed by atoms with Crippen molar-refractivity contribution in [2.75, 3.05) is 13.2 Å². The van der Waals surface area contributed by atoms with Crippen LogP contribution in [0.1, 0.15) is 39.7 Å². The van der Waals surface area contributed by atoms with Crippen molar-refractivity contribution in [2.24, 2.45) is 0 Å². The van der Waals surface area contributed by atoms with E-state index in [0.29, 0.717) is 12.3 Å². The molecule has 1 N–H and O–H groups in total. The average Bonchev–Trinajstić information content (AvgIpc) is 3.60. The largest absolute Gasteiger partial charge is 0.461 e. The Kier molecular flexibility index (Phi) is 6.41. The minimum Gasteiger partial charge on any atom is -0.461 e. The van der Waals surface area contributed by atoms with Crippen LogP contribution in [-0.2, 0) is 23.4 Å². The quantitative estimate of drug-likeness (QED) is 0.329. The number of ether oxygens (including phenoxy) is 1. The van der Waals surface area contributed by atoms with E-state index in [9.17, 15) is 5.11 Å². The highest BCUT2D eigenvalue weighted by Crippen LogP contribution is 2.41. The van der Waals surface area contributed by atoms with Gasteiger partial charge in [0.05, 0.1) is 12.6 Å². The summed E-state index contributed by atoms with van der Waals surface area (Å²) in [4.78, 5) is 4.12. The van der Waals surface area contributed by atoms with Crippen LogP contribution in [0, 0.1) is 0 Å². The van der Waals surface area contributed by atoms with Crippen LogP contribution in [-0.4, -0.2) is 29.3 Å². The van der Waals surface area contributed by atoms with Crippen molar-refractivity contribution >= 4 is 34.0 Å². The van der Waals surface area contributed by atoms with Gasteiger partial charge in [-0.1, -0.05) is 12.1 Å². The lowest BCUT2D eigenvalue weighted by Gasteiger charge is -2.25. The van der Waals surface area contributed by atoms with E-state index in [2.05, 4.69) is 21.7 Å². The number of hydrogen-bond donors (Lipinski definition) is 1. The van der Waals surface area contributed by atoms with Crippen LogP contribution >= 0.6 is 34.0 Å². The lowest BCUT2D eigenvalue weighted by atomic mass is 9.97. The first-order valence-electron chi connectivity index (χ1n) is 10.5. The summed E-state index contributed by atoms with van der Waals surface area (Å²) < 4.78 is 12.2. The van der Waals surface area contributed by atoms with E-state index in [1.807, 2.05) is 47.2 Å². The fourth-order valence-corrected chi connectivity index (χ4v) is 6.52. The molecule has 1 atom stereocenters. The molecular weight excluding hydrogens is 446 g/mol. The molecule has 1 unspecified atom stereocenters. The van der Waals surface area contributed by atoms with Gasteiger partial charge in [-0.05, 0) is 70.3 Å². The lowest BCUT2D eigenvalue weighted by Crippen LogP contribution is -2.31. The molecule has 7 heteroatoms. The minimum absolute atomic E-state index is 0.280. The van der Waals surface area contributed by atoms with Gasteiger partial charge < -0.3 is 14.3 Å². The second kappa shape index (κ2) is 9.40. The van der Waals surface area contributed by atoms with Gasteiger partial charge in [-0.2, -0.15) is 11.3 Å². The zero-order valence-electron chi connectivity index (χ0n) is 17.1. The third kappa shape index (κ3) is 4.58. The number of aliphatic hydroxyl groups is 1. The summed E-state index contributed by atoms with van der Waals surface area (Å²) in [6.07, 6.45) is 2.53. The van der Waals surface area contributed by atoms with Gasteiger partial charge in [-0.3, -0.25) is 4.90 Å². The zero-order valence-corrected chi connectivity index (χ0v) is 19.6. The van der Waals surface area contributed by atoms with Crippen molar-refractivity contribution in [3.63, 3.8) is 0 Å². The molecular formula is C24H25NO3S3. The van der Waals surface area contributed by atoms with Gasteiger partial charge in [0.2, 0.25) is 0 Å². The molecule has 4 nitrogen and oxygen atoms in total. The fraction of sp³-hybridized carbons (Fsp3) is 0.333. The van der Waals surface area contributed by atoms with E-state index in [0.717, 1.165) is 48.1 Å². The normalized spacial score (nSPS) is 17.0. The van der Waals surface area contributed by atoms with Gasteiger partial charge >= 0.3 is 0 Å². The van der Waals surface area contributed by atoms with Gasteiger partial charge in [-0.15, -0.1) is 22.7 Å². The molecule has 0 saturated carbocycles. The summed E-state index contributed by atoms with van der Waals surface area (Å²) in [5.41, 5.74) is 0.0521. The van der Waals surface area contributed by atoms with E-state index in [-0.39, 0.29) is 6.10 Å². The molecule has 5 rings (SSSR count). The summed E-state index contributed by atoms with van der Waals surface area (Å²) in [5.74, 6) is 1.43. The maximum absolute atomic E-state index is 11.8. The summed E-state index contributed by atoms with van der Waals surface area (Å²) in [6, 6.07) is 14.0. The monoisotopic (exact) mass is 471 g/mol. The predicted molar refractivity (Wildman–Crippen MR) is 127 cm³/mol. The van der Waals surface area contributed by atoms with E-state index in [4.69, 9.17) is 9.15 Å². The number of hydrogen-bond acceptors (Lipinski definition) is 7. The molecule has 4 aromatic heterocycles. The van der Waals surface area contributed by atoms with Crippen LogP contribution < -0.4 is 0 Å². The molecule has 0 aliphatic carbocycles. The van der Waals surface area contributed by atoms with Gasteiger partial charge in [0.15, 0.2) is 5.60 Å². The molecule has 0 bridgehead atoms. The molecule has 1 saturated heterocycles. The number of thiophene rings is 3. The number of nitrogens with zero attached hydrogens (tertiary/aromatic N) is 1. The first-order chi connectivity index (χ1) is 15.2. The Morgan fingerprint density at radius 2 is 1.81 bits per heavy atom. The second-order valence-electron chi connectivity index (χ2n) is 7.87. The molecule has 5 heterocycles. The van der Waals surface area contributed by atoms with Crippen molar-refractivity contribution in [3.8, 4) is 0 Å². The first-order valence-corrected chi connectivity index (χ1v) is 13.2. The molecule has 0 amide bonds. The molecule has 0 spiro atoms. The standard InChI is InChI=1S/C24H25NO3S3/c26-24(22-5-2-11-30-22,23-6-3-12-31-23)21-8-7-20(28-21)16-25(14-18-9-13-29-17-18)15-19-4-1-10-27-19/h2-3,5-9,11-13,17,19,26H,1,4,10,14-16H2. The second-order valence-corrected chi connectivity index (χ2v) is 10.5. The Morgan fingerprint density at radius 1 is 1.00 bits per heavy atom. The third-order valence-electron chi connectivity index (χ3n) is 5.63. The zero-order chi connectivity index (χ0) is 21.1. The van der Waals surface area contributed by atoms with Crippen LogP contribution in [0.2, 0.25) is 0 Å². The SMILES string of the molecule is OC(c1ccc(CN(Cc2ccsc2)CC2CCCO2)o1)(c1cccs1)c1cccs1. The number of furan rings is 1. The first kappa shape index (κ1) is 21.1. The Hall–Kier alpha value is -1.74. The van der Waals surface area contributed by atoms with Crippen molar-refractivity contribution in [2.45, 2.75) is 37.6 Å². The van der Waals surface area contributed by atoms with Crippen LogP contribution in [0.15, 0.2) is 68.4 Å². The minimum atomic E-state index is -1.26. The maximum atomic E-state index is 11.8. The Bertz CT molecular complexity index is 1010. The van der Waals surface area contributed by atoms with E-state index < -0.39 is 5.60 Å². The van der Waals surface area contributed by atoms with E-state index in [1.54, 1.807) is 34.0 Å². The summed E-state index contributed by atoms with van der Waals surface area (Å²) in [5, 5.41) is 20.1. The van der Waals surface area contributed by atoms with Crippen LogP contribution in [0.5, 0.6) is 0 Å². The predicted octanol–water partition coefficient (Wildman–Crippen LogP) is 5.93. The van der Waals surface area contributed by atoms with Gasteiger partial charge in [0.1, 0.15) is 11.5 Å². The molecule has 0 aromatic carbocycles. The number of rotatable bonds is 9. The highest BCUT2D eigenvalue weighted by atomic mass is 32.1. The summed E-state index contributed by atoms with van der Waals surface area (Å²) in [6.45, 7) is 3.28. The molecule has 1 aliphatic heterocycles. The van der Waals surface area contributed by atoms with Crippen LogP contribution in [0.4, 0.5) is 0 Å². The molecule has 31 heavy (non-hydrogen) atoms. The highest BCUT2D eigenvalue weighted by Gasteiger charge is 2.39. The van der Waals surface area contributed by atoms with Crippen molar-refractivity contribution < 1.29 is 14.3 Å². The summed E-state index contributed by atoms with van der Waals surface area (Å²) >= 11 is 4.81. The van der Waals surface area contributed by atoms with Crippen molar-refractivity contribution in [1.29, 1.82) is 0 Å². The topological polar surface area (TPSA) is 45.8 Å². The molecule has 1 fully saturated rings. The van der Waals surface area contributed by atoms with E-state index >= 15 is 0 Å². The van der Waals surface area contributed by atoms with Gasteiger partial charge in [0, 0.05) is 29.5 Å². The van der Waals surface area contributed by atoms with Crippen LogP contribution in [0.25, 0.3) is 0 Å². The average molecular weight is 472 g/mol. The van der Waals surface area contributed by atoms with Gasteiger partial charge in [-0.25, -0.2) is 0 Å². The fourth-order valence-electron chi connectivity index (χ4n) is 4.11. The smallest absolute Gasteiger partial charge is 0.191 e. The molecule has 4 aromatic rings. The highest BCUT2D eigenvalue weighted by molar-refractivity contribution is 7.11. The Labute approximate surface area is 194 Å². The third-order valence-corrected chi connectivity index (χ3v) is 8.31. The van der Waals surface area contributed by atoms with Crippen molar-refractivity contribution in [3.05, 3.63) is 90.8 Å². The molecule has 162 valence electrons. The Balaban J connectivity index is 1.39. The Morgan fingerprint density at radius 3 is 2.42 bits per heavy atom. The van der Waals surface area contributed by atoms with Crippen LogP contribution in [0.3, 0.4) is 0 Å². The molecule has 0 radical (unpaired) electrons.